The van der Waals surface area contributed by atoms with Crippen LogP contribution in [0.5, 0.6) is 11.6 Å². The Hall–Kier alpha value is -3.57. The van der Waals surface area contributed by atoms with Gasteiger partial charge in [0.1, 0.15) is 17.3 Å². The van der Waals surface area contributed by atoms with Crippen LogP contribution in [-0.4, -0.2) is 16.6 Å². The van der Waals surface area contributed by atoms with E-state index in [1.54, 1.807) is 37.4 Å². The summed E-state index contributed by atoms with van der Waals surface area (Å²) in [7, 11) is 0. The maximum absolute atomic E-state index is 13.7. The van der Waals surface area contributed by atoms with Crippen LogP contribution < -0.4 is 4.74 Å². The van der Waals surface area contributed by atoms with Crippen LogP contribution in [0.25, 0.3) is 10.8 Å². The van der Waals surface area contributed by atoms with E-state index in [0.717, 1.165) is 21.9 Å². The van der Waals surface area contributed by atoms with Gasteiger partial charge in [-0.25, -0.2) is 9.37 Å². The Morgan fingerprint density at radius 1 is 1.00 bits per heavy atom. The third-order valence-corrected chi connectivity index (χ3v) is 6.69. The molecule has 0 saturated carbocycles. The topological polar surface area (TPSA) is 56.3 Å². The number of rotatable bonds is 8. The lowest BCUT2D eigenvalue weighted by Crippen LogP contribution is -2.20. The first kappa shape index (κ1) is 26.5. The molecule has 4 rings (SSSR count). The van der Waals surface area contributed by atoms with Crippen LogP contribution in [-0.2, 0) is 17.6 Å². The highest BCUT2D eigenvalue weighted by Gasteiger charge is 2.21. The molecule has 190 valence electrons. The second-order valence-corrected chi connectivity index (χ2v) is 10.6. The minimum absolute atomic E-state index is 0.116. The first-order chi connectivity index (χ1) is 17.5. The van der Waals surface area contributed by atoms with Gasteiger partial charge in [-0.3, -0.25) is 9.59 Å². The van der Waals surface area contributed by atoms with Crippen LogP contribution in [0.2, 0.25) is 5.02 Å². The summed E-state index contributed by atoms with van der Waals surface area (Å²) >= 11 is 6.41. The Bertz CT molecular complexity index is 1490. The van der Waals surface area contributed by atoms with Gasteiger partial charge in [0.25, 0.3) is 0 Å². The van der Waals surface area contributed by atoms with Crippen molar-refractivity contribution in [2.75, 3.05) is 0 Å². The van der Waals surface area contributed by atoms with Gasteiger partial charge in [0.15, 0.2) is 5.78 Å². The molecule has 0 aliphatic rings. The number of carbonyl (C=O) groups excluding carboxylic acids is 2. The van der Waals surface area contributed by atoms with Crippen LogP contribution in [0.15, 0.2) is 66.9 Å². The van der Waals surface area contributed by atoms with E-state index in [2.05, 4.69) is 4.98 Å². The second-order valence-electron chi connectivity index (χ2n) is 10.2. The fourth-order valence-electron chi connectivity index (χ4n) is 4.12. The molecule has 0 aliphatic heterocycles. The summed E-state index contributed by atoms with van der Waals surface area (Å²) in [5.74, 6) is 0.612. The molecule has 0 atom stereocenters. The van der Waals surface area contributed by atoms with Gasteiger partial charge in [-0.05, 0) is 77.9 Å². The number of aryl methyl sites for hydroxylation is 2. The van der Waals surface area contributed by atoms with E-state index in [1.807, 2.05) is 51.1 Å². The highest BCUT2D eigenvalue weighted by atomic mass is 35.5. The second kappa shape index (κ2) is 10.8. The number of ether oxygens (including phenoxy) is 1. The van der Waals surface area contributed by atoms with Gasteiger partial charge < -0.3 is 4.74 Å². The monoisotopic (exact) mass is 517 g/mol. The van der Waals surface area contributed by atoms with Crippen molar-refractivity contribution in [1.82, 2.24) is 4.98 Å². The van der Waals surface area contributed by atoms with E-state index < -0.39 is 5.41 Å². The number of Topliss-reactive ketones (excluding diaryl/α,β-unsaturated/α-hetero) is 2. The lowest BCUT2D eigenvalue weighted by molar-refractivity contribution is -0.126. The van der Waals surface area contributed by atoms with Crippen molar-refractivity contribution < 1.29 is 18.7 Å². The average Bonchev–Trinajstić information content (AvgIpc) is 2.85. The first-order valence-corrected chi connectivity index (χ1v) is 12.6. The summed E-state index contributed by atoms with van der Waals surface area (Å²) in [4.78, 5) is 30.0. The molecule has 0 bridgehead atoms. The molecule has 0 spiro atoms. The van der Waals surface area contributed by atoms with Crippen molar-refractivity contribution in [1.29, 1.82) is 0 Å². The van der Waals surface area contributed by atoms with Gasteiger partial charge in [0, 0.05) is 35.4 Å². The molecular weight excluding hydrogens is 489 g/mol. The van der Waals surface area contributed by atoms with Gasteiger partial charge in [0.2, 0.25) is 5.88 Å². The molecule has 1 aromatic heterocycles. The summed E-state index contributed by atoms with van der Waals surface area (Å²) < 4.78 is 19.6. The third kappa shape index (κ3) is 6.23. The minimum Gasteiger partial charge on any atom is -0.438 e. The van der Waals surface area contributed by atoms with Gasteiger partial charge in [-0.2, -0.15) is 0 Å². The molecule has 0 unspecified atom stereocenters. The summed E-state index contributed by atoms with van der Waals surface area (Å²) in [6.07, 6.45) is 2.73. The number of nitrogens with zero attached hydrogens (tertiary/aromatic N) is 1. The van der Waals surface area contributed by atoms with Crippen molar-refractivity contribution >= 4 is 33.9 Å². The molecule has 0 saturated heterocycles. The Morgan fingerprint density at radius 2 is 1.78 bits per heavy atom. The number of ketones is 2. The quantitative estimate of drug-likeness (QED) is 0.221. The Morgan fingerprint density at radius 3 is 2.51 bits per heavy atom. The number of hydrogen-bond donors (Lipinski definition) is 0. The standard InChI is InChI=1S/C31H29ClFNO3/c1-19-16-22(10-12-27(19)33)37-30-24-7-5-6-21(23(24)14-15-34-30)18-28(35)25-17-20(8-11-26(25)32)9-13-29(36)31(2,3)4/h5-8,10-12,14-17H,9,13,18H2,1-4H3. The van der Waals surface area contributed by atoms with Crippen molar-refractivity contribution in [3.63, 3.8) is 0 Å². The number of hydrogen-bond acceptors (Lipinski definition) is 4. The van der Waals surface area contributed by atoms with E-state index in [4.69, 9.17) is 16.3 Å². The molecule has 6 heteroatoms. The van der Waals surface area contributed by atoms with E-state index >= 15 is 0 Å². The average molecular weight is 518 g/mol. The number of benzene rings is 3. The third-order valence-electron chi connectivity index (χ3n) is 6.36. The molecule has 0 amide bonds. The summed E-state index contributed by atoms with van der Waals surface area (Å²) in [6.45, 7) is 7.39. The smallest absolute Gasteiger partial charge is 0.227 e. The number of halogens is 2. The fraction of sp³-hybridized carbons (Fsp3) is 0.258. The van der Waals surface area contributed by atoms with Crippen LogP contribution in [0.4, 0.5) is 4.39 Å². The number of carbonyl (C=O) groups is 2. The zero-order chi connectivity index (χ0) is 26.7. The maximum Gasteiger partial charge on any atom is 0.227 e. The van der Waals surface area contributed by atoms with Crippen LogP contribution in [0, 0.1) is 18.2 Å². The van der Waals surface area contributed by atoms with Crippen LogP contribution in [0.1, 0.15) is 54.2 Å². The van der Waals surface area contributed by atoms with Gasteiger partial charge >= 0.3 is 0 Å². The van der Waals surface area contributed by atoms with E-state index in [1.165, 1.54) is 6.07 Å². The normalized spacial score (nSPS) is 11.5. The number of pyridine rings is 1. The Kier molecular flexibility index (Phi) is 7.74. The van der Waals surface area contributed by atoms with Gasteiger partial charge in [0.05, 0.1) is 5.02 Å². The lowest BCUT2D eigenvalue weighted by Gasteiger charge is -2.16. The fourth-order valence-corrected chi connectivity index (χ4v) is 4.34. The van der Waals surface area contributed by atoms with Crippen LogP contribution in [0.3, 0.4) is 0 Å². The minimum atomic E-state index is -0.396. The van der Waals surface area contributed by atoms with Gasteiger partial charge in [-0.15, -0.1) is 0 Å². The number of aromatic nitrogens is 1. The van der Waals surface area contributed by atoms with Crippen LogP contribution >= 0.6 is 11.6 Å². The Balaban J connectivity index is 1.58. The predicted octanol–water partition coefficient (Wildman–Crippen LogP) is 8.10. The van der Waals surface area contributed by atoms with Crippen molar-refractivity contribution in [3.05, 3.63) is 100.0 Å². The summed E-state index contributed by atoms with van der Waals surface area (Å²) in [6, 6.07) is 17.4. The predicted molar refractivity (Wildman–Crippen MR) is 145 cm³/mol. The number of fused-ring (bicyclic) bond motifs is 1. The van der Waals surface area contributed by atoms with Crippen molar-refractivity contribution in [2.24, 2.45) is 5.41 Å². The largest absolute Gasteiger partial charge is 0.438 e. The molecular formula is C31H29ClFNO3. The van der Waals surface area contributed by atoms with Gasteiger partial charge in [-0.1, -0.05) is 50.6 Å². The first-order valence-electron chi connectivity index (χ1n) is 12.2. The molecule has 0 aliphatic carbocycles. The van der Waals surface area contributed by atoms with Crippen molar-refractivity contribution in [2.45, 2.75) is 47.0 Å². The molecule has 4 aromatic rings. The molecule has 37 heavy (non-hydrogen) atoms. The maximum atomic E-state index is 13.7. The molecule has 0 radical (unpaired) electrons. The van der Waals surface area contributed by atoms with E-state index in [9.17, 15) is 14.0 Å². The zero-order valence-corrected chi connectivity index (χ0v) is 22.2. The highest BCUT2D eigenvalue weighted by molar-refractivity contribution is 6.34. The Labute approximate surface area is 221 Å². The summed E-state index contributed by atoms with van der Waals surface area (Å²) in [5, 5.41) is 1.96. The lowest BCUT2D eigenvalue weighted by atomic mass is 9.87. The van der Waals surface area contributed by atoms with E-state index in [0.29, 0.717) is 40.6 Å². The highest BCUT2D eigenvalue weighted by Crippen LogP contribution is 2.31. The molecule has 0 N–H and O–H groups in total. The molecule has 1 heterocycles. The molecule has 3 aromatic carbocycles. The molecule has 0 fully saturated rings. The SMILES string of the molecule is Cc1cc(Oc2nccc3c(CC(=O)c4cc(CCC(=O)C(C)(C)C)ccc4Cl)cccc23)ccc1F. The molecule has 4 nitrogen and oxygen atoms in total. The zero-order valence-electron chi connectivity index (χ0n) is 21.4. The van der Waals surface area contributed by atoms with Crippen molar-refractivity contribution in [3.8, 4) is 11.6 Å². The van der Waals surface area contributed by atoms with E-state index in [-0.39, 0.29) is 23.8 Å². The summed E-state index contributed by atoms with van der Waals surface area (Å²) in [5.41, 5.74) is 2.23.